The molecule has 1 atom stereocenters. The highest BCUT2D eigenvalue weighted by Gasteiger charge is 2.26. The van der Waals surface area contributed by atoms with Crippen molar-refractivity contribution in [1.29, 1.82) is 0 Å². The SMILES string of the molecule is NCC(c1ccc2c(c1)OCO2)N1CCNC(=O)C1. The number of hydrogen-bond donors (Lipinski definition) is 2. The van der Waals surface area contributed by atoms with Crippen molar-refractivity contribution in [2.24, 2.45) is 5.73 Å². The third-order valence-electron chi connectivity index (χ3n) is 3.51. The number of ether oxygens (including phenoxy) is 2. The van der Waals surface area contributed by atoms with E-state index in [2.05, 4.69) is 10.2 Å². The fourth-order valence-corrected chi connectivity index (χ4v) is 2.54. The molecule has 0 bridgehead atoms. The molecule has 1 aromatic rings. The highest BCUT2D eigenvalue weighted by Crippen LogP contribution is 2.35. The molecule has 6 nitrogen and oxygen atoms in total. The van der Waals surface area contributed by atoms with Crippen molar-refractivity contribution in [3.05, 3.63) is 23.8 Å². The molecule has 1 unspecified atom stereocenters. The van der Waals surface area contributed by atoms with Crippen LogP contribution in [0.25, 0.3) is 0 Å². The predicted octanol–water partition coefficient (Wildman–Crippen LogP) is -0.153. The van der Waals surface area contributed by atoms with Crippen molar-refractivity contribution >= 4 is 5.91 Å². The Morgan fingerprint density at radius 3 is 3.00 bits per heavy atom. The van der Waals surface area contributed by atoms with Crippen LogP contribution in [-0.2, 0) is 4.79 Å². The third kappa shape index (κ3) is 2.36. The maximum absolute atomic E-state index is 11.5. The average Bonchev–Trinajstić information content (AvgIpc) is 2.87. The summed E-state index contributed by atoms with van der Waals surface area (Å²) in [5.74, 6) is 1.55. The average molecular weight is 263 g/mol. The van der Waals surface area contributed by atoms with Crippen molar-refractivity contribution in [3.63, 3.8) is 0 Å². The van der Waals surface area contributed by atoms with Crippen molar-refractivity contribution in [2.45, 2.75) is 6.04 Å². The van der Waals surface area contributed by atoms with Gasteiger partial charge in [-0.15, -0.1) is 0 Å². The van der Waals surface area contributed by atoms with Gasteiger partial charge in [0.05, 0.1) is 6.54 Å². The second-order valence-corrected chi connectivity index (χ2v) is 4.68. The molecular weight excluding hydrogens is 246 g/mol. The molecule has 1 amide bonds. The van der Waals surface area contributed by atoms with Crippen molar-refractivity contribution in [3.8, 4) is 11.5 Å². The Morgan fingerprint density at radius 2 is 2.21 bits per heavy atom. The molecule has 19 heavy (non-hydrogen) atoms. The normalized spacial score (nSPS) is 20.2. The number of fused-ring (bicyclic) bond motifs is 1. The lowest BCUT2D eigenvalue weighted by molar-refractivity contribution is -0.124. The van der Waals surface area contributed by atoms with E-state index in [9.17, 15) is 4.79 Å². The van der Waals surface area contributed by atoms with Gasteiger partial charge in [0.2, 0.25) is 12.7 Å². The predicted molar refractivity (Wildman–Crippen MR) is 68.9 cm³/mol. The highest BCUT2D eigenvalue weighted by atomic mass is 16.7. The highest BCUT2D eigenvalue weighted by molar-refractivity contribution is 5.78. The van der Waals surface area contributed by atoms with E-state index < -0.39 is 0 Å². The molecule has 3 N–H and O–H groups in total. The van der Waals surface area contributed by atoms with Gasteiger partial charge in [-0.05, 0) is 17.7 Å². The van der Waals surface area contributed by atoms with Crippen molar-refractivity contribution in [2.75, 3.05) is 33.0 Å². The number of rotatable bonds is 3. The van der Waals surface area contributed by atoms with Crippen LogP contribution in [0.2, 0.25) is 0 Å². The van der Waals surface area contributed by atoms with Crippen LogP contribution in [0, 0.1) is 0 Å². The molecule has 6 heteroatoms. The van der Waals surface area contributed by atoms with E-state index in [0.29, 0.717) is 19.6 Å². The van der Waals surface area contributed by atoms with Gasteiger partial charge in [0.15, 0.2) is 11.5 Å². The molecule has 0 aliphatic carbocycles. The van der Waals surface area contributed by atoms with Gasteiger partial charge in [-0.2, -0.15) is 0 Å². The zero-order chi connectivity index (χ0) is 13.2. The monoisotopic (exact) mass is 263 g/mol. The standard InChI is InChI=1S/C13H17N3O3/c14-6-10(16-4-3-15-13(17)7-16)9-1-2-11-12(5-9)19-8-18-11/h1-2,5,10H,3-4,6-8,14H2,(H,15,17). The molecule has 2 aliphatic heterocycles. The number of nitrogens with zero attached hydrogens (tertiary/aromatic N) is 1. The third-order valence-corrected chi connectivity index (χ3v) is 3.51. The first-order chi connectivity index (χ1) is 9.28. The second kappa shape index (κ2) is 5.07. The molecule has 0 aromatic heterocycles. The minimum absolute atomic E-state index is 0.0283. The first-order valence-electron chi connectivity index (χ1n) is 6.38. The van der Waals surface area contributed by atoms with Gasteiger partial charge in [0.25, 0.3) is 0 Å². The summed E-state index contributed by atoms with van der Waals surface area (Å²) in [6.45, 7) is 2.59. The molecule has 1 aromatic carbocycles. The summed E-state index contributed by atoms with van der Waals surface area (Å²) in [4.78, 5) is 13.6. The number of nitrogens with one attached hydrogen (secondary N) is 1. The molecule has 102 valence electrons. The van der Waals surface area contributed by atoms with Gasteiger partial charge in [-0.3, -0.25) is 9.69 Å². The summed E-state index contributed by atoms with van der Waals surface area (Å²) in [5, 5.41) is 2.82. The summed E-state index contributed by atoms with van der Waals surface area (Å²) in [6.07, 6.45) is 0. The fourth-order valence-electron chi connectivity index (χ4n) is 2.54. The van der Waals surface area contributed by atoms with E-state index in [1.54, 1.807) is 0 Å². The van der Waals surface area contributed by atoms with E-state index in [1.807, 2.05) is 18.2 Å². The molecule has 2 aliphatic rings. The van der Waals surface area contributed by atoms with Gasteiger partial charge in [0.1, 0.15) is 0 Å². The summed E-state index contributed by atoms with van der Waals surface area (Å²) < 4.78 is 10.7. The molecule has 1 fully saturated rings. The molecule has 2 heterocycles. The number of carbonyl (C=O) groups is 1. The van der Waals surface area contributed by atoms with Crippen LogP contribution in [0.5, 0.6) is 11.5 Å². The minimum Gasteiger partial charge on any atom is -0.454 e. The van der Waals surface area contributed by atoms with E-state index in [1.165, 1.54) is 0 Å². The van der Waals surface area contributed by atoms with Crippen LogP contribution < -0.4 is 20.5 Å². The zero-order valence-corrected chi connectivity index (χ0v) is 10.6. The Balaban J connectivity index is 1.83. The van der Waals surface area contributed by atoms with Gasteiger partial charge in [-0.25, -0.2) is 0 Å². The number of piperazine rings is 1. The lowest BCUT2D eigenvalue weighted by atomic mass is 10.0. The quantitative estimate of drug-likeness (QED) is 0.793. The fraction of sp³-hybridized carbons (Fsp3) is 0.462. The largest absolute Gasteiger partial charge is 0.454 e. The molecule has 3 rings (SSSR count). The van der Waals surface area contributed by atoms with Gasteiger partial charge >= 0.3 is 0 Å². The summed E-state index contributed by atoms with van der Waals surface area (Å²) in [7, 11) is 0. The summed E-state index contributed by atoms with van der Waals surface area (Å²) in [5.41, 5.74) is 6.94. The number of benzene rings is 1. The topological polar surface area (TPSA) is 76.8 Å². The number of hydrogen-bond acceptors (Lipinski definition) is 5. The van der Waals surface area contributed by atoms with Crippen LogP contribution in [0.3, 0.4) is 0 Å². The van der Waals surface area contributed by atoms with E-state index in [4.69, 9.17) is 15.2 Å². The van der Waals surface area contributed by atoms with Gasteiger partial charge in [-0.1, -0.05) is 6.07 Å². The van der Waals surface area contributed by atoms with Gasteiger partial charge in [0, 0.05) is 25.7 Å². The first-order valence-corrected chi connectivity index (χ1v) is 6.38. The molecule has 0 saturated carbocycles. The van der Waals surface area contributed by atoms with Crippen LogP contribution in [0.4, 0.5) is 0 Å². The maximum atomic E-state index is 11.5. The minimum atomic E-state index is 0.0283. The molecule has 1 saturated heterocycles. The molecule has 0 radical (unpaired) electrons. The lowest BCUT2D eigenvalue weighted by Gasteiger charge is -2.33. The number of amides is 1. The van der Waals surface area contributed by atoms with Crippen LogP contribution in [-0.4, -0.2) is 43.8 Å². The Hall–Kier alpha value is -1.79. The second-order valence-electron chi connectivity index (χ2n) is 4.68. The van der Waals surface area contributed by atoms with E-state index >= 15 is 0 Å². The lowest BCUT2D eigenvalue weighted by Crippen LogP contribution is -2.50. The summed E-state index contributed by atoms with van der Waals surface area (Å²) in [6, 6.07) is 5.86. The van der Waals surface area contributed by atoms with Gasteiger partial charge < -0.3 is 20.5 Å². The van der Waals surface area contributed by atoms with E-state index in [-0.39, 0.29) is 18.7 Å². The number of carbonyl (C=O) groups excluding carboxylic acids is 1. The maximum Gasteiger partial charge on any atom is 0.234 e. The Morgan fingerprint density at radius 1 is 1.37 bits per heavy atom. The van der Waals surface area contributed by atoms with Crippen LogP contribution >= 0.6 is 0 Å². The van der Waals surface area contributed by atoms with Crippen molar-refractivity contribution < 1.29 is 14.3 Å². The van der Waals surface area contributed by atoms with Crippen molar-refractivity contribution in [1.82, 2.24) is 10.2 Å². The Bertz CT molecular complexity index is 492. The van der Waals surface area contributed by atoms with Crippen LogP contribution in [0.1, 0.15) is 11.6 Å². The summed E-state index contributed by atoms with van der Waals surface area (Å²) >= 11 is 0. The molecular formula is C13H17N3O3. The van der Waals surface area contributed by atoms with E-state index in [0.717, 1.165) is 23.6 Å². The smallest absolute Gasteiger partial charge is 0.234 e. The molecule has 0 spiro atoms. The van der Waals surface area contributed by atoms with Crippen LogP contribution in [0.15, 0.2) is 18.2 Å². The Labute approximate surface area is 111 Å². The number of nitrogens with two attached hydrogens (primary N) is 1. The first kappa shape index (κ1) is 12.3. The zero-order valence-electron chi connectivity index (χ0n) is 10.6. The Kier molecular flexibility index (Phi) is 3.27.